The molecule has 3 rings (SSSR count). The molecule has 18 heavy (non-hydrogen) atoms. The predicted molar refractivity (Wildman–Crippen MR) is 61.3 cm³/mol. The van der Waals surface area contributed by atoms with Crippen molar-refractivity contribution in [3.63, 3.8) is 0 Å². The summed E-state index contributed by atoms with van der Waals surface area (Å²) in [6.07, 6.45) is 5.48. The van der Waals surface area contributed by atoms with E-state index in [0.717, 1.165) is 24.2 Å². The number of imidazole rings is 1. The van der Waals surface area contributed by atoms with E-state index < -0.39 is 5.97 Å². The Morgan fingerprint density at radius 1 is 1.56 bits per heavy atom. The molecule has 1 saturated carbocycles. The fraction of sp³-hybridized carbons (Fsp3) is 0.455. The van der Waals surface area contributed by atoms with Gasteiger partial charge in [-0.2, -0.15) is 0 Å². The molecular formula is C11H13N5O2. The van der Waals surface area contributed by atoms with E-state index >= 15 is 0 Å². The van der Waals surface area contributed by atoms with Crippen molar-refractivity contribution in [3.8, 4) is 0 Å². The second kappa shape index (κ2) is 3.94. The number of carboxylic acid groups (broad SMARTS) is 1. The molecule has 0 unspecified atom stereocenters. The van der Waals surface area contributed by atoms with Crippen LogP contribution in [-0.4, -0.2) is 35.6 Å². The zero-order chi connectivity index (χ0) is 12.7. The van der Waals surface area contributed by atoms with Crippen LogP contribution in [0.5, 0.6) is 0 Å². The number of hydrogen-bond donors (Lipinski definition) is 1. The van der Waals surface area contributed by atoms with Gasteiger partial charge in [-0.1, -0.05) is 5.21 Å². The van der Waals surface area contributed by atoms with Crippen LogP contribution in [0.1, 0.15) is 40.6 Å². The molecule has 1 aliphatic rings. The number of nitrogens with zero attached hydrogens (tertiary/aromatic N) is 5. The van der Waals surface area contributed by atoms with Gasteiger partial charge in [0, 0.05) is 13.0 Å². The fourth-order valence-electron chi connectivity index (χ4n) is 2.04. The molecule has 0 radical (unpaired) electrons. The van der Waals surface area contributed by atoms with Gasteiger partial charge in [0.1, 0.15) is 0 Å². The Labute approximate surface area is 103 Å². The van der Waals surface area contributed by atoms with Gasteiger partial charge in [0.25, 0.3) is 0 Å². The van der Waals surface area contributed by atoms with E-state index in [-0.39, 0.29) is 5.69 Å². The molecule has 7 nitrogen and oxygen atoms in total. The summed E-state index contributed by atoms with van der Waals surface area (Å²) in [5, 5.41) is 16.8. The summed E-state index contributed by atoms with van der Waals surface area (Å²) < 4.78 is 3.57. The highest BCUT2D eigenvalue weighted by Gasteiger charge is 2.33. The van der Waals surface area contributed by atoms with Crippen LogP contribution in [0.4, 0.5) is 0 Å². The van der Waals surface area contributed by atoms with E-state index in [2.05, 4.69) is 15.3 Å². The molecule has 7 heteroatoms. The van der Waals surface area contributed by atoms with Crippen LogP contribution in [0, 0.1) is 0 Å². The van der Waals surface area contributed by atoms with Crippen LogP contribution >= 0.6 is 0 Å². The zero-order valence-corrected chi connectivity index (χ0v) is 9.94. The van der Waals surface area contributed by atoms with Crippen molar-refractivity contribution in [2.75, 3.05) is 0 Å². The number of carboxylic acids is 1. The first kappa shape index (κ1) is 10.9. The molecule has 0 saturated heterocycles. The van der Waals surface area contributed by atoms with Crippen molar-refractivity contribution < 1.29 is 9.90 Å². The first-order valence-electron chi connectivity index (χ1n) is 5.78. The standard InChI is InChI=1S/C11H13N5O2/c1-15-6-12-4-8(15)5-16-10(7-2-3-7)9(11(17)18)13-14-16/h4,6-7H,2-3,5H2,1H3,(H,17,18). The van der Waals surface area contributed by atoms with Crippen molar-refractivity contribution in [1.82, 2.24) is 24.5 Å². The van der Waals surface area contributed by atoms with Gasteiger partial charge in [-0.25, -0.2) is 14.5 Å². The van der Waals surface area contributed by atoms with Gasteiger partial charge in [-0.3, -0.25) is 0 Å². The average molecular weight is 247 g/mol. The third-order valence-corrected chi connectivity index (χ3v) is 3.17. The minimum atomic E-state index is -1.01. The zero-order valence-electron chi connectivity index (χ0n) is 9.94. The number of hydrogen-bond acceptors (Lipinski definition) is 4. The molecule has 2 heterocycles. The average Bonchev–Trinajstić information content (AvgIpc) is 2.96. The highest BCUT2D eigenvalue weighted by Crippen LogP contribution is 2.41. The van der Waals surface area contributed by atoms with Crippen molar-refractivity contribution >= 4 is 5.97 Å². The summed E-state index contributed by atoms with van der Waals surface area (Å²) >= 11 is 0. The van der Waals surface area contributed by atoms with Crippen LogP contribution in [0.3, 0.4) is 0 Å². The molecule has 1 aliphatic carbocycles. The van der Waals surface area contributed by atoms with Crippen LogP contribution < -0.4 is 0 Å². The first-order chi connectivity index (χ1) is 8.66. The van der Waals surface area contributed by atoms with Crippen molar-refractivity contribution in [3.05, 3.63) is 29.6 Å². The van der Waals surface area contributed by atoms with Gasteiger partial charge in [0.05, 0.1) is 30.5 Å². The highest BCUT2D eigenvalue weighted by atomic mass is 16.4. The van der Waals surface area contributed by atoms with E-state index in [1.807, 2.05) is 11.6 Å². The van der Waals surface area contributed by atoms with Crippen molar-refractivity contribution in [2.24, 2.45) is 7.05 Å². The van der Waals surface area contributed by atoms with Gasteiger partial charge in [-0.15, -0.1) is 5.10 Å². The van der Waals surface area contributed by atoms with Gasteiger partial charge in [-0.05, 0) is 12.8 Å². The SMILES string of the molecule is Cn1cncc1Cn1nnc(C(=O)O)c1C1CC1. The summed E-state index contributed by atoms with van der Waals surface area (Å²) in [6, 6.07) is 0. The van der Waals surface area contributed by atoms with Gasteiger partial charge in [0.2, 0.25) is 0 Å². The quantitative estimate of drug-likeness (QED) is 0.856. The molecule has 0 aliphatic heterocycles. The maximum Gasteiger partial charge on any atom is 0.358 e. The highest BCUT2D eigenvalue weighted by molar-refractivity contribution is 5.86. The molecule has 2 aromatic heterocycles. The number of aromatic carboxylic acids is 1. The first-order valence-corrected chi connectivity index (χ1v) is 5.78. The molecule has 1 fully saturated rings. The molecule has 0 atom stereocenters. The molecule has 0 bridgehead atoms. The lowest BCUT2D eigenvalue weighted by atomic mass is 10.2. The predicted octanol–water partition coefficient (Wildman–Crippen LogP) is 0.635. The van der Waals surface area contributed by atoms with Crippen LogP contribution in [0.2, 0.25) is 0 Å². The fourth-order valence-corrected chi connectivity index (χ4v) is 2.04. The van der Waals surface area contributed by atoms with Gasteiger partial charge >= 0.3 is 5.97 Å². The smallest absolute Gasteiger partial charge is 0.358 e. The largest absolute Gasteiger partial charge is 0.476 e. The van der Waals surface area contributed by atoms with Gasteiger partial charge < -0.3 is 9.67 Å². The van der Waals surface area contributed by atoms with E-state index in [4.69, 9.17) is 5.11 Å². The molecule has 0 aromatic carbocycles. The van der Waals surface area contributed by atoms with Crippen molar-refractivity contribution in [2.45, 2.75) is 25.3 Å². The van der Waals surface area contributed by atoms with Crippen LogP contribution in [0.25, 0.3) is 0 Å². The molecule has 94 valence electrons. The maximum atomic E-state index is 11.1. The Morgan fingerprint density at radius 3 is 2.89 bits per heavy atom. The van der Waals surface area contributed by atoms with Gasteiger partial charge in [0.15, 0.2) is 5.69 Å². The summed E-state index contributed by atoms with van der Waals surface area (Å²) in [5.41, 5.74) is 1.79. The van der Waals surface area contributed by atoms with E-state index in [1.54, 1.807) is 17.2 Å². The van der Waals surface area contributed by atoms with Crippen LogP contribution in [-0.2, 0) is 13.6 Å². The summed E-state index contributed by atoms with van der Waals surface area (Å²) in [4.78, 5) is 15.1. The number of aryl methyl sites for hydroxylation is 1. The minimum absolute atomic E-state index is 0.0830. The molecular weight excluding hydrogens is 234 g/mol. The van der Waals surface area contributed by atoms with Crippen LogP contribution in [0.15, 0.2) is 12.5 Å². The number of aromatic nitrogens is 5. The maximum absolute atomic E-state index is 11.1. The lowest BCUT2D eigenvalue weighted by Gasteiger charge is -2.06. The Bertz CT molecular complexity index is 596. The summed E-state index contributed by atoms with van der Waals surface area (Å²) in [5.74, 6) is -0.715. The lowest BCUT2D eigenvalue weighted by molar-refractivity contribution is 0.0689. The topological polar surface area (TPSA) is 85.8 Å². The third kappa shape index (κ3) is 1.77. The van der Waals surface area contributed by atoms with E-state index in [1.165, 1.54) is 0 Å². The Morgan fingerprint density at radius 2 is 2.33 bits per heavy atom. The Kier molecular flexibility index (Phi) is 2.39. The van der Waals surface area contributed by atoms with Crippen molar-refractivity contribution in [1.29, 1.82) is 0 Å². The summed E-state index contributed by atoms with van der Waals surface area (Å²) in [6.45, 7) is 0.503. The second-order valence-corrected chi connectivity index (χ2v) is 4.56. The molecule has 0 amide bonds. The third-order valence-electron chi connectivity index (χ3n) is 3.17. The Hall–Kier alpha value is -2.18. The normalized spacial score (nSPS) is 14.9. The lowest BCUT2D eigenvalue weighted by Crippen LogP contribution is -2.10. The number of rotatable bonds is 4. The van der Waals surface area contributed by atoms with E-state index in [9.17, 15) is 4.79 Å². The second-order valence-electron chi connectivity index (χ2n) is 4.56. The summed E-state index contributed by atoms with van der Waals surface area (Å²) in [7, 11) is 1.90. The molecule has 2 aromatic rings. The molecule has 1 N–H and O–H groups in total. The molecule has 0 spiro atoms. The monoisotopic (exact) mass is 247 g/mol. The minimum Gasteiger partial charge on any atom is -0.476 e. The number of carbonyl (C=O) groups is 1. The van der Waals surface area contributed by atoms with E-state index in [0.29, 0.717) is 12.5 Å². The Balaban J connectivity index is 1.97.